The second kappa shape index (κ2) is 11.8. The van der Waals surface area contributed by atoms with Gasteiger partial charge in [0.25, 0.3) is 11.1 Å². The largest absolute Gasteiger partial charge is 0.486 e. The van der Waals surface area contributed by atoms with Crippen molar-refractivity contribution < 1.29 is 23.9 Å². The molecule has 10 nitrogen and oxygen atoms in total. The number of pyridine rings is 1. The molecule has 2 aromatic heterocycles. The topological polar surface area (TPSA) is 124 Å². The minimum atomic E-state index is -0.400. The van der Waals surface area contributed by atoms with E-state index >= 15 is 0 Å². The summed E-state index contributed by atoms with van der Waals surface area (Å²) >= 11 is 1.02. The van der Waals surface area contributed by atoms with Gasteiger partial charge in [-0.25, -0.2) is 4.98 Å². The molecule has 0 aliphatic carbocycles. The molecule has 1 atom stereocenters. The Hall–Kier alpha value is -5.16. The van der Waals surface area contributed by atoms with E-state index in [4.69, 9.17) is 14.5 Å². The number of amides is 3. The monoisotopic (exact) mass is 579 g/mol. The van der Waals surface area contributed by atoms with Gasteiger partial charge in [0.2, 0.25) is 5.91 Å². The Balaban J connectivity index is 1.06. The minimum absolute atomic E-state index is 0.211. The maximum atomic E-state index is 12.4. The molecule has 3 heterocycles. The fourth-order valence-electron chi connectivity index (χ4n) is 4.47. The highest BCUT2D eigenvalue weighted by atomic mass is 32.2. The number of benzene rings is 3. The van der Waals surface area contributed by atoms with Crippen LogP contribution in [0.4, 0.5) is 10.5 Å². The molecule has 0 radical (unpaired) electrons. The first kappa shape index (κ1) is 27.0. The van der Waals surface area contributed by atoms with Gasteiger partial charge in [0, 0.05) is 36.8 Å². The molecule has 2 N–H and O–H groups in total. The molecule has 1 aliphatic rings. The van der Waals surface area contributed by atoms with Gasteiger partial charge in [-0.2, -0.15) is 0 Å². The van der Waals surface area contributed by atoms with Crippen LogP contribution in [0.2, 0.25) is 0 Å². The smallest absolute Gasteiger partial charge is 0.286 e. The number of fused-ring (bicyclic) bond motifs is 1. The van der Waals surface area contributed by atoms with E-state index in [1.54, 1.807) is 48.8 Å². The molecule has 1 saturated heterocycles. The van der Waals surface area contributed by atoms with Crippen LogP contribution < -0.4 is 20.1 Å². The normalized spacial score (nSPS) is 14.5. The van der Waals surface area contributed by atoms with E-state index < -0.39 is 5.25 Å². The zero-order valence-electron chi connectivity index (χ0n) is 22.4. The Morgan fingerprint density at radius 1 is 0.952 bits per heavy atom. The van der Waals surface area contributed by atoms with Crippen molar-refractivity contribution >= 4 is 45.5 Å². The number of carbonyl (C=O) groups is 3. The average molecular weight is 580 g/mol. The summed E-state index contributed by atoms with van der Waals surface area (Å²) in [6.07, 6.45) is 3.63. The molecule has 3 aromatic carbocycles. The summed E-state index contributed by atoms with van der Waals surface area (Å²) in [4.78, 5) is 44.2. The Labute approximate surface area is 245 Å². The maximum Gasteiger partial charge on any atom is 0.286 e. The third-order valence-corrected chi connectivity index (χ3v) is 7.70. The first-order chi connectivity index (χ1) is 20.4. The minimum Gasteiger partial charge on any atom is -0.486 e. The summed E-state index contributed by atoms with van der Waals surface area (Å²) < 4.78 is 14.0. The van der Waals surface area contributed by atoms with Gasteiger partial charge in [0.1, 0.15) is 29.7 Å². The van der Waals surface area contributed by atoms with Crippen molar-refractivity contribution in [1.82, 2.24) is 19.9 Å². The lowest BCUT2D eigenvalue weighted by atomic mass is 10.1. The summed E-state index contributed by atoms with van der Waals surface area (Å²) in [5, 5.41) is 4.46. The number of thioether (sulfide) groups is 1. The van der Waals surface area contributed by atoms with Crippen LogP contribution in [0.5, 0.6) is 17.2 Å². The molecule has 1 fully saturated rings. The fourth-order valence-corrected chi connectivity index (χ4v) is 5.33. The third-order valence-electron chi connectivity index (χ3n) is 6.71. The number of hydrogen-bond donors (Lipinski definition) is 2. The first-order valence-corrected chi connectivity index (χ1v) is 14.0. The van der Waals surface area contributed by atoms with Gasteiger partial charge in [-0.15, -0.1) is 0 Å². The van der Waals surface area contributed by atoms with E-state index in [2.05, 4.69) is 15.6 Å². The third kappa shape index (κ3) is 6.11. The summed E-state index contributed by atoms with van der Waals surface area (Å²) in [5.41, 5.74) is 3.84. The van der Waals surface area contributed by atoms with Gasteiger partial charge in [-0.1, -0.05) is 23.9 Å². The summed E-state index contributed by atoms with van der Waals surface area (Å²) in [6, 6.07) is 23.6. The summed E-state index contributed by atoms with van der Waals surface area (Å²) in [7, 11) is 1.92. The highest BCUT2D eigenvalue weighted by molar-refractivity contribution is 8.15. The zero-order chi connectivity index (χ0) is 29.1. The molecule has 210 valence electrons. The highest BCUT2D eigenvalue weighted by Gasteiger charge is 2.31. The molecule has 42 heavy (non-hydrogen) atoms. The predicted molar refractivity (Wildman–Crippen MR) is 159 cm³/mol. The molecule has 0 bridgehead atoms. The van der Waals surface area contributed by atoms with Crippen molar-refractivity contribution in [2.75, 3.05) is 5.32 Å². The van der Waals surface area contributed by atoms with E-state index in [9.17, 15) is 14.4 Å². The lowest BCUT2D eigenvalue weighted by Crippen LogP contribution is -2.25. The molecule has 1 unspecified atom stereocenters. The van der Waals surface area contributed by atoms with Crippen LogP contribution in [0.25, 0.3) is 11.0 Å². The Morgan fingerprint density at radius 2 is 1.67 bits per heavy atom. The van der Waals surface area contributed by atoms with Crippen molar-refractivity contribution in [3.05, 3.63) is 108 Å². The quantitative estimate of drug-likeness (QED) is 0.235. The summed E-state index contributed by atoms with van der Waals surface area (Å²) in [5.74, 6) is 2.24. The number of nitrogens with zero attached hydrogens (tertiary/aromatic N) is 3. The van der Waals surface area contributed by atoms with Crippen molar-refractivity contribution in [2.24, 2.45) is 7.05 Å². The molecule has 3 amide bonds. The molecule has 6 rings (SSSR count). The van der Waals surface area contributed by atoms with E-state index in [0.717, 1.165) is 34.2 Å². The average Bonchev–Trinajstić information content (AvgIpc) is 3.50. The van der Waals surface area contributed by atoms with Crippen LogP contribution in [-0.2, 0) is 24.9 Å². The number of hydrogen-bond acceptors (Lipinski definition) is 8. The Morgan fingerprint density at radius 3 is 2.38 bits per heavy atom. The van der Waals surface area contributed by atoms with Crippen molar-refractivity contribution in [3.8, 4) is 17.2 Å². The number of aromatic nitrogens is 3. The van der Waals surface area contributed by atoms with Crippen molar-refractivity contribution in [3.63, 3.8) is 0 Å². The lowest BCUT2D eigenvalue weighted by Gasteiger charge is -2.09. The number of carbonyl (C=O) groups excluding carboxylic acids is 3. The Kier molecular flexibility index (Phi) is 7.56. The van der Waals surface area contributed by atoms with E-state index in [1.165, 1.54) is 0 Å². The number of rotatable bonds is 9. The van der Waals surface area contributed by atoms with Crippen molar-refractivity contribution in [1.29, 1.82) is 0 Å². The van der Waals surface area contributed by atoms with Crippen molar-refractivity contribution in [2.45, 2.75) is 18.3 Å². The standard InChI is InChI=1S/C31H25N5O5S/c1-36-26-17-24(41-23-8-4-21(5-9-23)33-29(37)20-12-14-32-15-13-20)10-11-25(26)34-28(36)18-40-22-6-2-19(3-7-22)16-27-30(38)35-31(39)42-27/h2-15,17,27H,16,18H2,1H3,(H,33,37)(H,35,38,39). The van der Waals surface area contributed by atoms with Crippen LogP contribution in [0, 0.1) is 0 Å². The van der Waals surface area contributed by atoms with Crippen LogP contribution in [0.1, 0.15) is 21.7 Å². The van der Waals surface area contributed by atoms with E-state index in [0.29, 0.717) is 34.9 Å². The van der Waals surface area contributed by atoms with Gasteiger partial charge < -0.3 is 19.4 Å². The molecular formula is C31H25N5O5S. The molecular weight excluding hydrogens is 554 g/mol. The second-order valence-corrected chi connectivity index (χ2v) is 10.7. The molecule has 11 heteroatoms. The van der Waals surface area contributed by atoms with Gasteiger partial charge in [-0.3, -0.25) is 24.7 Å². The highest BCUT2D eigenvalue weighted by Crippen LogP contribution is 2.28. The van der Waals surface area contributed by atoms with E-state index in [1.807, 2.05) is 54.1 Å². The van der Waals surface area contributed by atoms with Gasteiger partial charge in [-0.05, 0) is 72.6 Å². The summed E-state index contributed by atoms with van der Waals surface area (Å²) in [6.45, 7) is 0.267. The van der Waals surface area contributed by atoms with Gasteiger partial charge >= 0.3 is 0 Å². The predicted octanol–water partition coefficient (Wildman–Crippen LogP) is 5.49. The molecule has 0 saturated carbocycles. The van der Waals surface area contributed by atoms with Crippen LogP contribution >= 0.6 is 11.8 Å². The maximum absolute atomic E-state index is 12.4. The number of ether oxygens (including phenoxy) is 2. The molecule has 1 aliphatic heterocycles. The molecule has 5 aromatic rings. The number of imide groups is 1. The van der Waals surface area contributed by atoms with Crippen LogP contribution in [-0.4, -0.2) is 36.8 Å². The molecule has 0 spiro atoms. The first-order valence-electron chi connectivity index (χ1n) is 13.1. The number of nitrogens with one attached hydrogen (secondary N) is 2. The SMILES string of the molecule is Cn1c(COc2ccc(CC3SC(=O)NC3=O)cc2)nc2ccc(Oc3ccc(NC(=O)c4ccncc4)cc3)cc21. The number of aryl methyl sites for hydroxylation is 1. The van der Waals surface area contributed by atoms with Crippen LogP contribution in [0.3, 0.4) is 0 Å². The van der Waals surface area contributed by atoms with Gasteiger partial charge in [0.15, 0.2) is 0 Å². The fraction of sp³-hybridized carbons (Fsp3) is 0.129. The van der Waals surface area contributed by atoms with Gasteiger partial charge in [0.05, 0.1) is 16.3 Å². The van der Waals surface area contributed by atoms with E-state index in [-0.39, 0.29) is 23.7 Å². The number of imidazole rings is 1. The zero-order valence-corrected chi connectivity index (χ0v) is 23.3. The number of anilines is 1. The lowest BCUT2D eigenvalue weighted by molar-refractivity contribution is -0.118. The second-order valence-electron chi connectivity index (χ2n) is 9.57. The van der Waals surface area contributed by atoms with Crippen LogP contribution in [0.15, 0.2) is 91.3 Å². The Bertz CT molecular complexity index is 1770.